The number of rotatable bonds is 8. The van der Waals surface area contributed by atoms with E-state index < -0.39 is 0 Å². The van der Waals surface area contributed by atoms with Gasteiger partial charge in [-0.1, -0.05) is 0 Å². The van der Waals surface area contributed by atoms with Crippen LogP contribution in [0.25, 0.3) is 11.5 Å². The molecule has 8 heteroatoms. The number of methoxy groups -OCH3 is 2. The Bertz CT molecular complexity index is 1090. The summed E-state index contributed by atoms with van der Waals surface area (Å²) in [6, 6.07) is 7.23. The van der Waals surface area contributed by atoms with E-state index in [4.69, 9.17) is 19.4 Å². The number of pyridine rings is 2. The molecular formula is C23H25N5O3. The number of hydrogen-bond acceptors (Lipinski definition) is 8. The number of hydrogen-bond donors (Lipinski definition) is 0. The molecule has 8 nitrogen and oxygen atoms in total. The van der Waals surface area contributed by atoms with Gasteiger partial charge in [-0.05, 0) is 37.5 Å². The van der Waals surface area contributed by atoms with Gasteiger partial charge in [0.15, 0.2) is 11.6 Å². The molecule has 0 saturated heterocycles. The molecule has 0 N–H and O–H groups in total. The summed E-state index contributed by atoms with van der Waals surface area (Å²) in [6.45, 7) is 0.238. The SMILES string of the molecule is COc1ccc(CC(=O)CN(C)c2nc(-c3cc(OC)ccn3)nc3c2CCC3)nc1. The Morgan fingerprint density at radius 3 is 2.65 bits per heavy atom. The van der Waals surface area contributed by atoms with E-state index in [0.29, 0.717) is 28.7 Å². The number of ether oxygens (including phenoxy) is 2. The molecule has 0 fully saturated rings. The summed E-state index contributed by atoms with van der Waals surface area (Å²) in [5.74, 6) is 2.77. The van der Waals surface area contributed by atoms with Gasteiger partial charge in [0.05, 0.1) is 33.4 Å². The van der Waals surface area contributed by atoms with Crippen LogP contribution >= 0.6 is 0 Å². The topological polar surface area (TPSA) is 90.3 Å². The smallest absolute Gasteiger partial charge is 0.180 e. The largest absolute Gasteiger partial charge is 0.497 e. The molecule has 3 aromatic heterocycles. The average molecular weight is 419 g/mol. The highest BCUT2D eigenvalue weighted by atomic mass is 16.5. The fraction of sp³-hybridized carbons (Fsp3) is 0.348. The summed E-state index contributed by atoms with van der Waals surface area (Å²) < 4.78 is 10.4. The molecule has 0 bridgehead atoms. The second-order valence-electron chi connectivity index (χ2n) is 7.49. The van der Waals surface area contributed by atoms with E-state index in [2.05, 4.69) is 9.97 Å². The van der Waals surface area contributed by atoms with Crippen LogP contribution in [-0.2, 0) is 24.1 Å². The molecule has 0 aliphatic heterocycles. The molecule has 1 aliphatic rings. The Hall–Kier alpha value is -3.55. The number of nitrogens with zero attached hydrogens (tertiary/aromatic N) is 5. The van der Waals surface area contributed by atoms with Crippen molar-refractivity contribution in [2.75, 3.05) is 32.7 Å². The molecular weight excluding hydrogens is 394 g/mol. The maximum absolute atomic E-state index is 12.7. The monoisotopic (exact) mass is 419 g/mol. The van der Waals surface area contributed by atoms with E-state index >= 15 is 0 Å². The molecule has 0 saturated carbocycles. The molecule has 160 valence electrons. The lowest BCUT2D eigenvalue weighted by Crippen LogP contribution is -2.29. The van der Waals surface area contributed by atoms with Crippen LogP contribution in [0.15, 0.2) is 36.7 Å². The van der Waals surface area contributed by atoms with Crippen molar-refractivity contribution in [3.05, 3.63) is 53.6 Å². The molecule has 0 radical (unpaired) electrons. The fourth-order valence-electron chi connectivity index (χ4n) is 3.74. The van der Waals surface area contributed by atoms with Crippen molar-refractivity contribution in [1.29, 1.82) is 0 Å². The zero-order chi connectivity index (χ0) is 21.8. The lowest BCUT2D eigenvalue weighted by atomic mass is 10.1. The fourth-order valence-corrected chi connectivity index (χ4v) is 3.74. The summed E-state index contributed by atoms with van der Waals surface area (Å²) in [7, 11) is 5.10. The molecule has 4 rings (SSSR count). The Morgan fingerprint density at radius 1 is 1.06 bits per heavy atom. The number of ketones is 1. The summed E-state index contributed by atoms with van der Waals surface area (Å²) in [5, 5.41) is 0. The maximum Gasteiger partial charge on any atom is 0.180 e. The molecule has 0 spiro atoms. The molecule has 3 heterocycles. The van der Waals surface area contributed by atoms with Gasteiger partial charge in [-0.2, -0.15) is 0 Å². The van der Waals surface area contributed by atoms with Crippen LogP contribution in [0, 0.1) is 0 Å². The summed E-state index contributed by atoms with van der Waals surface area (Å²) in [6.07, 6.45) is 6.40. The number of anilines is 1. The molecule has 3 aromatic rings. The number of aryl methyl sites for hydroxylation is 1. The van der Waals surface area contributed by atoms with Crippen LogP contribution in [-0.4, -0.2) is 53.5 Å². The maximum atomic E-state index is 12.7. The van der Waals surface area contributed by atoms with Crippen LogP contribution in [0.2, 0.25) is 0 Å². The van der Waals surface area contributed by atoms with Gasteiger partial charge in [-0.3, -0.25) is 14.8 Å². The van der Waals surface area contributed by atoms with Crippen LogP contribution < -0.4 is 14.4 Å². The molecule has 31 heavy (non-hydrogen) atoms. The second kappa shape index (κ2) is 9.07. The summed E-state index contributed by atoms with van der Waals surface area (Å²) >= 11 is 0. The summed E-state index contributed by atoms with van der Waals surface area (Å²) in [5.41, 5.74) is 3.51. The van der Waals surface area contributed by atoms with E-state index in [1.54, 1.807) is 32.7 Å². The first-order chi connectivity index (χ1) is 15.1. The molecule has 0 atom stereocenters. The normalized spacial score (nSPS) is 12.4. The van der Waals surface area contributed by atoms with E-state index in [-0.39, 0.29) is 18.7 Å². The molecule has 1 aliphatic carbocycles. The standard InChI is InChI=1S/C23H25N5O3/c1-28(14-16(29)11-15-7-8-18(31-3)13-25-15)23-19-5-4-6-20(19)26-22(27-23)21-12-17(30-2)9-10-24-21/h7-10,12-13H,4-6,11,14H2,1-3H3. The zero-order valence-corrected chi connectivity index (χ0v) is 18.0. The number of aromatic nitrogens is 4. The Balaban J connectivity index is 1.56. The number of Topliss-reactive ketones (excluding diaryl/α,β-unsaturated/α-hetero) is 1. The Kier molecular flexibility index (Phi) is 6.06. The quantitative estimate of drug-likeness (QED) is 0.550. The van der Waals surface area contributed by atoms with E-state index in [1.165, 1.54) is 0 Å². The lowest BCUT2D eigenvalue weighted by Gasteiger charge is -2.21. The van der Waals surface area contributed by atoms with Crippen molar-refractivity contribution < 1.29 is 14.3 Å². The zero-order valence-electron chi connectivity index (χ0n) is 18.0. The summed E-state index contributed by atoms with van der Waals surface area (Å²) in [4.78, 5) is 32.8. The van der Waals surface area contributed by atoms with Gasteiger partial charge in [0, 0.05) is 36.3 Å². The van der Waals surface area contributed by atoms with Crippen molar-refractivity contribution in [3.8, 4) is 23.0 Å². The van der Waals surface area contributed by atoms with E-state index in [0.717, 1.165) is 36.3 Å². The van der Waals surface area contributed by atoms with Crippen LogP contribution in [0.1, 0.15) is 23.4 Å². The van der Waals surface area contributed by atoms with Gasteiger partial charge in [-0.25, -0.2) is 9.97 Å². The van der Waals surface area contributed by atoms with Crippen molar-refractivity contribution in [2.24, 2.45) is 0 Å². The Labute approximate surface area is 181 Å². The third-order valence-corrected chi connectivity index (χ3v) is 5.29. The van der Waals surface area contributed by atoms with Crippen LogP contribution in [0.4, 0.5) is 5.82 Å². The lowest BCUT2D eigenvalue weighted by molar-refractivity contribution is -0.117. The second-order valence-corrected chi connectivity index (χ2v) is 7.49. The van der Waals surface area contributed by atoms with Crippen molar-refractivity contribution in [3.63, 3.8) is 0 Å². The van der Waals surface area contributed by atoms with Crippen molar-refractivity contribution in [2.45, 2.75) is 25.7 Å². The number of carbonyl (C=O) groups is 1. The van der Waals surface area contributed by atoms with Gasteiger partial charge >= 0.3 is 0 Å². The molecule has 0 unspecified atom stereocenters. The minimum absolute atomic E-state index is 0.0616. The third kappa shape index (κ3) is 4.63. The highest BCUT2D eigenvalue weighted by Gasteiger charge is 2.23. The van der Waals surface area contributed by atoms with Crippen LogP contribution in [0.5, 0.6) is 11.5 Å². The minimum atomic E-state index is 0.0616. The molecule has 0 aromatic carbocycles. The number of likely N-dealkylation sites (N-methyl/N-ethyl adjacent to an activating group) is 1. The van der Waals surface area contributed by atoms with Gasteiger partial charge < -0.3 is 14.4 Å². The van der Waals surface area contributed by atoms with Crippen LogP contribution in [0.3, 0.4) is 0 Å². The van der Waals surface area contributed by atoms with E-state index in [9.17, 15) is 4.79 Å². The van der Waals surface area contributed by atoms with Crippen molar-refractivity contribution in [1.82, 2.24) is 19.9 Å². The first-order valence-corrected chi connectivity index (χ1v) is 10.2. The Morgan fingerprint density at radius 2 is 1.90 bits per heavy atom. The predicted octanol–water partition coefficient (Wildman–Crippen LogP) is 2.69. The minimum Gasteiger partial charge on any atom is -0.497 e. The van der Waals surface area contributed by atoms with Crippen molar-refractivity contribution >= 4 is 11.6 Å². The van der Waals surface area contributed by atoms with Gasteiger partial charge in [0.2, 0.25) is 0 Å². The highest BCUT2D eigenvalue weighted by Crippen LogP contribution is 2.31. The highest BCUT2D eigenvalue weighted by molar-refractivity contribution is 5.85. The third-order valence-electron chi connectivity index (χ3n) is 5.29. The van der Waals surface area contributed by atoms with Gasteiger partial charge in [-0.15, -0.1) is 0 Å². The number of fused-ring (bicyclic) bond motifs is 1. The molecule has 0 amide bonds. The first kappa shape index (κ1) is 20.7. The number of carbonyl (C=O) groups excluding carboxylic acids is 1. The predicted molar refractivity (Wildman–Crippen MR) is 117 cm³/mol. The van der Waals surface area contributed by atoms with Gasteiger partial charge in [0.25, 0.3) is 0 Å². The van der Waals surface area contributed by atoms with E-state index in [1.807, 2.05) is 30.1 Å². The average Bonchev–Trinajstić information content (AvgIpc) is 3.27. The van der Waals surface area contributed by atoms with Gasteiger partial charge in [0.1, 0.15) is 23.0 Å². The first-order valence-electron chi connectivity index (χ1n) is 10.2.